The van der Waals surface area contributed by atoms with Crippen molar-refractivity contribution in [1.29, 1.82) is 0 Å². The first-order valence-corrected chi connectivity index (χ1v) is 2.99. The van der Waals surface area contributed by atoms with Gasteiger partial charge >= 0.3 is 58.0 Å². The third kappa shape index (κ3) is 1.31. The molecule has 0 atom stereocenters. The SMILES string of the molecule is O=C1N=CC(=[Se])C(=O)N1. The van der Waals surface area contributed by atoms with Crippen LogP contribution in [0.5, 0.6) is 0 Å². The third-order valence-corrected chi connectivity index (χ3v) is 1.35. The summed E-state index contributed by atoms with van der Waals surface area (Å²) in [5, 5.41) is 1.98. The Labute approximate surface area is 58.7 Å². The number of nitrogens with one attached hydrogen (secondary N) is 1. The molecule has 3 amide bonds. The maximum absolute atomic E-state index is 10.5. The van der Waals surface area contributed by atoms with Crippen LogP contribution in [0.4, 0.5) is 4.79 Å². The Kier molecular flexibility index (Phi) is 1.55. The zero-order valence-electron chi connectivity index (χ0n) is 4.25. The molecule has 0 aromatic carbocycles. The molecule has 0 radical (unpaired) electrons. The second-order valence-corrected chi connectivity index (χ2v) is 2.30. The Morgan fingerprint density at radius 1 is 1.56 bits per heavy atom. The van der Waals surface area contributed by atoms with Crippen molar-refractivity contribution in [3.05, 3.63) is 0 Å². The van der Waals surface area contributed by atoms with Crippen molar-refractivity contribution in [1.82, 2.24) is 5.32 Å². The van der Waals surface area contributed by atoms with E-state index < -0.39 is 11.9 Å². The fourth-order valence-corrected chi connectivity index (χ4v) is 0.585. The van der Waals surface area contributed by atoms with Gasteiger partial charge in [-0.2, -0.15) is 0 Å². The number of aliphatic imine (C=N–C) groups is 1. The van der Waals surface area contributed by atoms with Crippen molar-refractivity contribution < 1.29 is 9.59 Å². The van der Waals surface area contributed by atoms with Crippen LogP contribution in [0.25, 0.3) is 0 Å². The van der Waals surface area contributed by atoms with Gasteiger partial charge in [0.25, 0.3) is 0 Å². The normalized spacial score (nSPS) is 18.0. The number of carbonyl (C=O) groups is 2. The van der Waals surface area contributed by atoms with Crippen LogP contribution in [0.1, 0.15) is 0 Å². The molecule has 0 bridgehead atoms. The number of hydrogen-bond acceptors (Lipinski definition) is 2. The zero-order valence-corrected chi connectivity index (χ0v) is 5.96. The second-order valence-electron chi connectivity index (χ2n) is 1.38. The van der Waals surface area contributed by atoms with E-state index in [4.69, 9.17) is 0 Å². The van der Waals surface area contributed by atoms with Crippen molar-refractivity contribution in [3.8, 4) is 0 Å². The summed E-state index contributed by atoms with van der Waals surface area (Å²) in [5.41, 5.74) is 0. The van der Waals surface area contributed by atoms with Gasteiger partial charge in [-0.25, -0.2) is 0 Å². The van der Waals surface area contributed by atoms with Gasteiger partial charge in [0.05, 0.1) is 0 Å². The molecule has 5 heteroatoms. The molecule has 0 aliphatic carbocycles. The van der Waals surface area contributed by atoms with Crippen molar-refractivity contribution in [3.63, 3.8) is 0 Å². The van der Waals surface area contributed by atoms with Crippen LogP contribution < -0.4 is 5.32 Å². The van der Waals surface area contributed by atoms with Crippen molar-refractivity contribution in [2.45, 2.75) is 0 Å². The molecule has 1 aliphatic heterocycles. The summed E-state index contributed by atoms with van der Waals surface area (Å²) >= 11 is 2.45. The molecule has 0 spiro atoms. The molecule has 0 fully saturated rings. The quantitative estimate of drug-likeness (QED) is 0.479. The summed E-state index contributed by atoms with van der Waals surface area (Å²) in [6.45, 7) is 0. The number of nitrogens with zero attached hydrogens (tertiary/aromatic N) is 1. The van der Waals surface area contributed by atoms with E-state index in [1.165, 1.54) is 6.21 Å². The molecular formula is C4H2N2O2Se. The number of carbonyl (C=O) groups excluding carboxylic acids is 2. The first-order chi connectivity index (χ1) is 4.20. The van der Waals surface area contributed by atoms with Crippen LogP contribution in [0, 0.1) is 0 Å². The van der Waals surface area contributed by atoms with Crippen LogP contribution >= 0.6 is 0 Å². The molecule has 1 rings (SSSR count). The molecule has 0 aromatic heterocycles. The van der Waals surface area contributed by atoms with Crippen molar-refractivity contribution >= 4 is 38.1 Å². The van der Waals surface area contributed by atoms with E-state index in [1.54, 1.807) is 0 Å². The Morgan fingerprint density at radius 3 is 2.67 bits per heavy atom. The number of rotatable bonds is 0. The average molecular weight is 189 g/mol. The Balaban J connectivity index is 2.89. The predicted octanol–water partition coefficient (Wildman–Crippen LogP) is -1.35. The number of imide groups is 1. The molecule has 0 aromatic rings. The molecule has 0 saturated heterocycles. The van der Waals surface area contributed by atoms with E-state index in [9.17, 15) is 9.59 Å². The average Bonchev–Trinajstić information content (AvgIpc) is 1.80. The minimum atomic E-state index is -0.612. The van der Waals surface area contributed by atoms with Crippen LogP contribution in [0.2, 0.25) is 0 Å². The molecule has 1 heterocycles. The van der Waals surface area contributed by atoms with Gasteiger partial charge in [0.15, 0.2) is 0 Å². The van der Waals surface area contributed by atoms with Crippen LogP contribution in [-0.4, -0.2) is 38.1 Å². The Hall–Kier alpha value is -0.801. The predicted molar refractivity (Wildman–Crippen MR) is 32.8 cm³/mol. The van der Waals surface area contributed by atoms with Gasteiger partial charge in [-0.1, -0.05) is 0 Å². The van der Waals surface area contributed by atoms with E-state index in [-0.39, 0.29) is 0 Å². The zero-order chi connectivity index (χ0) is 6.85. The van der Waals surface area contributed by atoms with Crippen LogP contribution in [0.3, 0.4) is 0 Å². The maximum atomic E-state index is 10.5. The monoisotopic (exact) mass is 190 g/mol. The fourth-order valence-electron chi connectivity index (χ4n) is 0.367. The van der Waals surface area contributed by atoms with Gasteiger partial charge in [0, 0.05) is 0 Å². The molecule has 46 valence electrons. The van der Waals surface area contributed by atoms with Crippen molar-refractivity contribution in [2.24, 2.45) is 4.99 Å². The summed E-state index contributed by atoms with van der Waals surface area (Å²) in [5.74, 6) is -0.421. The first kappa shape index (κ1) is 6.32. The van der Waals surface area contributed by atoms with E-state index in [0.717, 1.165) is 0 Å². The summed E-state index contributed by atoms with van der Waals surface area (Å²) in [6, 6.07) is -0.612. The third-order valence-electron chi connectivity index (χ3n) is 0.743. The molecule has 9 heavy (non-hydrogen) atoms. The Bertz CT molecular complexity index is 221. The van der Waals surface area contributed by atoms with E-state index in [0.29, 0.717) is 4.42 Å². The van der Waals surface area contributed by atoms with Gasteiger partial charge in [-0.3, -0.25) is 0 Å². The standard InChI is InChI=1S/C4H2N2O2Se/c7-3-2(9)1-5-4(8)6-3/h1H,(H,6,7,8). The van der Waals surface area contributed by atoms with E-state index >= 15 is 0 Å². The molecular weight excluding hydrogens is 187 g/mol. The van der Waals surface area contributed by atoms with Gasteiger partial charge in [-0.05, 0) is 0 Å². The van der Waals surface area contributed by atoms with Crippen molar-refractivity contribution in [2.75, 3.05) is 0 Å². The molecule has 1 N–H and O–H groups in total. The van der Waals surface area contributed by atoms with Gasteiger partial charge < -0.3 is 0 Å². The van der Waals surface area contributed by atoms with E-state index in [2.05, 4.69) is 20.6 Å². The first-order valence-electron chi connectivity index (χ1n) is 2.13. The van der Waals surface area contributed by atoms with Crippen LogP contribution in [0.15, 0.2) is 4.99 Å². The molecule has 0 saturated carbocycles. The second kappa shape index (κ2) is 2.21. The number of urea groups is 1. The van der Waals surface area contributed by atoms with Gasteiger partial charge in [0.2, 0.25) is 0 Å². The number of amides is 3. The summed E-state index contributed by atoms with van der Waals surface area (Å²) in [4.78, 5) is 24.1. The Morgan fingerprint density at radius 2 is 2.22 bits per heavy atom. The summed E-state index contributed by atoms with van der Waals surface area (Å²) in [7, 11) is 0. The molecule has 0 unspecified atom stereocenters. The minimum absolute atomic E-state index is 0.328. The fraction of sp³-hybridized carbons (Fsp3) is 0. The van der Waals surface area contributed by atoms with E-state index in [1.807, 2.05) is 5.32 Å². The van der Waals surface area contributed by atoms with Crippen LogP contribution in [-0.2, 0) is 4.79 Å². The molecule has 4 nitrogen and oxygen atoms in total. The summed E-state index contributed by atoms with van der Waals surface area (Å²) in [6.07, 6.45) is 1.20. The molecule has 1 aliphatic rings. The number of hydrogen-bond donors (Lipinski definition) is 1. The topological polar surface area (TPSA) is 58.5 Å². The summed E-state index contributed by atoms with van der Waals surface area (Å²) < 4.78 is 0.328. The van der Waals surface area contributed by atoms with Gasteiger partial charge in [0.1, 0.15) is 0 Å². The van der Waals surface area contributed by atoms with Gasteiger partial charge in [-0.15, -0.1) is 0 Å².